The molecule has 2 fully saturated rings. The van der Waals surface area contributed by atoms with Crippen molar-refractivity contribution in [3.8, 4) is 5.75 Å². The Bertz CT molecular complexity index is 721. The van der Waals surface area contributed by atoms with E-state index < -0.39 is 29.7 Å². The highest BCUT2D eigenvalue weighted by Crippen LogP contribution is 2.48. The Kier molecular flexibility index (Phi) is 5.53. The SMILES string of the molecule is CC(C)(C)OC(=O)N1C2CCCC1CC(O)(c1c(F)cccc1OC(F)F)C2. The molecule has 0 spiro atoms. The van der Waals surface area contributed by atoms with Gasteiger partial charge < -0.3 is 19.5 Å². The van der Waals surface area contributed by atoms with Crippen LogP contribution < -0.4 is 4.74 Å². The second-order valence-electron chi connectivity index (χ2n) is 8.56. The molecular weight excluding hydrogens is 375 g/mol. The normalized spacial score (nSPS) is 27.6. The topological polar surface area (TPSA) is 59.0 Å². The summed E-state index contributed by atoms with van der Waals surface area (Å²) in [7, 11) is 0. The molecule has 2 saturated heterocycles. The highest BCUT2D eigenvalue weighted by molar-refractivity contribution is 5.69. The van der Waals surface area contributed by atoms with Gasteiger partial charge in [0, 0.05) is 24.9 Å². The fraction of sp³-hybridized carbons (Fsp3) is 0.650. The zero-order chi connectivity index (χ0) is 20.7. The first-order valence-corrected chi connectivity index (χ1v) is 9.48. The first kappa shape index (κ1) is 20.8. The Balaban J connectivity index is 1.92. The number of nitrogens with zero attached hydrogens (tertiary/aromatic N) is 1. The molecule has 8 heteroatoms. The third-order valence-corrected chi connectivity index (χ3v) is 5.27. The molecule has 0 aliphatic carbocycles. The summed E-state index contributed by atoms with van der Waals surface area (Å²) in [6, 6.07) is 2.86. The van der Waals surface area contributed by atoms with Gasteiger partial charge in [-0.05, 0) is 52.2 Å². The van der Waals surface area contributed by atoms with E-state index in [2.05, 4.69) is 4.74 Å². The van der Waals surface area contributed by atoms with Crippen molar-refractivity contribution in [1.29, 1.82) is 0 Å². The molecular formula is C20H26F3NO4. The van der Waals surface area contributed by atoms with Crippen LogP contribution in [0.3, 0.4) is 0 Å². The first-order valence-electron chi connectivity index (χ1n) is 9.48. The van der Waals surface area contributed by atoms with Gasteiger partial charge in [0.15, 0.2) is 0 Å². The van der Waals surface area contributed by atoms with Crippen molar-refractivity contribution in [1.82, 2.24) is 4.90 Å². The molecule has 0 saturated carbocycles. The zero-order valence-corrected chi connectivity index (χ0v) is 16.3. The number of carbonyl (C=O) groups excluding carboxylic acids is 1. The number of fused-ring (bicyclic) bond motifs is 2. The number of alkyl halides is 2. The fourth-order valence-corrected chi connectivity index (χ4v) is 4.40. The van der Waals surface area contributed by atoms with Gasteiger partial charge >= 0.3 is 12.7 Å². The Morgan fingerprint density at radius 2 is 1.86 bits per heavy atom. The van der Waals surface area contributed by atoms with E-state index in [1.807, 2.05) is 0 Å². The number of carbonyl (C=O) groups is 1. The van der Waals surface area contributed by atoms with E-state index in [1.165, 1.54) is 12.1 Å². The lowest BCUT2D eigenvalue weighted by molar-refractivity contribution is -0.102. The molecule has 28 heavy (non-hydrogen) atoms. The van der Waals surface area contributed by atoms with Crippen molar-refractivity contribution in [3.63, 3.8) is 0 Å². The van der Waals surface area contributed by atoms with Crippen LogP contribution in [0.2, 0.25) is 0 Å². The number of benzene rings is 1. The van der Waals surface area contributed by atoms with Gasteiger partial charge in [0.1, 0.15) is 22.8 Å². The van der Waals surface area contributed by atoms with Gasteiger partial charge in [-0.25, -0.2) is 9.18 Å². The summed E-state index contributed by atoms with van der Waals surface area (Å²) >= 11 is 0. The molecule has 2 unspecified atom stereocenters. The second-order valence-corrected chi connectivity index (χ2v) is 8.56. The maximum absolute atomic E-state index is 14.6. The quantitative estimate of drug-likeness (QED) is 0.806. The summed E-state index contributed by atoms with van der Waals surface area (Å²) in [4.78, 5) is 14.3. The molecule has 2 aliphatic rings. The number of halogens is 3. The molecule has 2 heterocycles. The van der Waals surface area contributed by atoms with E-state index in [4.69, 9.17) is 4.74 Å². The molecule has 1 aromatic rings. The van der Waals surface area contributed by atoms with Crippen LogP contribution in [0.15, 0.2) is 18.2 Å². The molecule has 2 aliphatic heterocycles. The Hall–Kier alpha value is -1.96. The van der Waals surface area contributed by atoms with Crippen LogP contribution in [0.1, 0.15) is 58.4 Å². The molecule has 1 aromatic carbocycles. The highest BCUT2D eigenvalue weighted by atomic mass is 19.3. The zero-order valence-electron chi connectivity index (χ0n) is 16.3. The second kappa shape index (κ2) is 7.46. The summed E-state index contributed by atoms with van der Waals surface area (Å²) in [5.74, 6) is -1.18. The number of rotatable bonds is 3. The maximum atomic E-state index is 14.6. The average Bonchev–Trinajstić information content (AvgIpc) is 2.51. The van der Waals surface area contributed by atoms with Gasteiger partial charge in [-0.2, -0.15) is 8.78 Å². The summed E-state index contributed by atoms with van der Waals surface area (Å²) in [5.41, 5.74) is -2.64. The van der Waals surface area contributed by atoms with Gasteiger partial charge in [-0.15, -0.1) is 0 Å². The van der Waals surface area contributed by atoms with Crippen LogP contribution in [-0.2, 0) is 10.3 Å². The summed E-state index contributed by atoms with van der Waals surface area (Å²) < 4.78 is 50.1. The van der Waals surface area contributed by atoms with E-state index in [-0.39, 0.29) is 36.2 Å². The first-order chi connectivity index (χ1) is 13.0. The van der Waals surface area contributed by atoms with E-state index in [0.29, 0.717) is 12.8 Å². The largest absolute Gasteiger partial charge is 0.444 e. The van der Waals surface area contributed by atoms with Gasteiger partial charge in [0.2, 0.25) is 0 Å². The number of hydrogen-bond donors (Lipinski definition) is 1. The number of aliphatic hydroxyl groups is 1. The maximum Gasteiger partial charge on any atom is 0.410 e. The lowest BCUT2D eigenvalue weighted by atomic mass is 9.72. The average molecular weight is 401 g/mol. The fourth-order valence-electron chi connectivity index (χ4n) is 4.40. The standard InChI is InChI=1S/C20H26F3NO4/c1-19(2,3)28-18(25)24-12-6-4-7-13(24)11-20(26,10-12)16-14(21)8-5-9-15(16)27-17(22)23/h5,8-9,12-13,17,26H,4,6-7,10-11H2,1-3H3. The predicted octanol–water partition coefficient (Wildman–Crippen LogP) is 4.57. The van der Waals surface area contributed by atoms with Crippen LogP contribution in [0.25, 0.3) is 0 Å². The van der Waals surface area contributed by atoms with Gasteiger partial charge in [-0.1, -0.05) is 6.07 Å². The number of piperidine rings is 2. The number of amides is 1. The van der Waals surface area contributed by atoms with E-state index in [9.17, 15) is 23.1 Å². The van der Waals surface area contributed by atoms with E-state index in [0.717, 1.165) is 12.5 Å². The predicted molar refractivity (Wildman–Crippen MR) is 95.7 cm³/mol. The molecule has 0 radical (unpaired) electrons. The molecule has 156 valence electrons. The number of hydrogen-bond acceptors (Lipinski definition) is 4. The van der Waals surface area contributed by atoms with Crippen molar-refractivity contribution in [2.75, 3.05) is 0 Å². The summed E-state index contributed by atoms with van der Waals surface area (Å²) in [6.07, 6.45) is 1.70. The van der Waals surface area contributed by atoms with Gasteiger partial charge in [0.25, 0.3) is 0 Å². The molecule has 1 N–H and O–H groups in total. The highest BCUT2D eigenvalue weighted by Gasteiger charge is 2.51. The lowest BCUT2D eigenvalue weighted by Gasteiger charge is -2.52. The van der Waals surface area contributed by atoms with Gasteiger partial charge in [-0.3, -0.25) is 0 Å². The Morgan fingerprint density at radius 1 is 1.25 bits per heavy atom. The van der Waals surface area contributed by atoms with Crippen LogP contribution >= 0.6 is 0 Å². The minimum Gasteiger partial charge on any atom is -0.444 e. The molecule has 1 amide bonds. The molecule has 0 aromatic heterocycles. The smallest absolute Gasteiger partial charge is 0.410 e. The third-order valence-electron chi connectivity index (χ3n) is 5.27. The minimum atomic E-state index is -3.13. The Labute approximate surface area is 162 Å². The third kappa shape index (κ3) is 4.21. The van der Waals surface area contributed by atoms with E-state index in [1.54, 1.807) is 25.7 Å². The van der Waals surface area contributed by atoms with Crippen LogP contribution in [0.5, 0.6) is 5.75 Å². The molecule has 5 nitrogen and oxygen atoms in total. The molecule has 2 bridgehead atoms. The van der Waals surface area contributed by atoms with Gasteiger partial charge in [0.05, 0.1) is 5.56 Å². The van der Waals surface area contributed by atoms with Crippen LogP contribution in [0, 0.1) is 5.82 Å². The van der Waals surface area contributed by atoms with Crippen molar-refractivity contribution < 1.29 is 32.5 Å². The van der Waals surface area contributed by atoms with E-state index >= 15 is 0 Å². The molecule has 2 atom stereocenters. The van der Waals surface area contributed by atoms with Crippen LogP contribution in [0.4, 0.5) is 18.0 Å². The monoisotopic (exact) mass is 401 g/mol. The van der Waals surface area contributed by atoms with Crippen molar-refractivity contribution in [2.24, 2.45) is 0 Å². The summed E-state index contributed by atoms with van der Waals surface area (Å²) in [5, 5.41) is 11.3. The lowest BCUT2D eigenvalue weighted by Crippen LogP contribution is -2.59. The molecule has 3 rings (SSSR count). The van der Waals surface area contributed by atoms with Crippen LogP contribution in [-0.4, -0.2) is 40.4 Å². The Morgan fingerprint density at radius 3 is 2.39 bits per heavy atom. The van der Waals surface area contributed by atoms with Crippen molar-refractivity contribution >= 4 is 6.09 Å². The van der Waals surface area contributed by atoms with Crippen molar-refractivity contribution in [2.45, 2.75) is 82.8 Å². The minimum absolute atomic E-state index is 0.0310. The van der Waals surface area contributed by atoms with Crippen molar-refractivity contribution in [3.05, 3.63) is 29.6 Å². The summed E-state index contributed by atoms with van der Waals surface area (Å²) in [6.45, 7) is 2.18. The number of ether oxygens (including phenoxy) is 2.